The van der Waals surface area contributed by atoms with E-state index in [9.17, 15) is 14.2 Å². The fourth-order valence-electron chi connectivity index (χ4n) is 1.12. The number of ether oxygens (including phenoxy) is 2. The Bertz CT molecular complexity index is 270. The maximum Gasteiger partial charge on any atom is 0.329 e. The zero-order chi connectivity index (χ0) is 14.0. The molecule has 0 aliphatic carbocycles. The molecule has 18 heavy (non-hydrogen) atoms. The Morgan fingerprint density at radius 1 is 1.06 bits per heavy atom. The topological polar surface area (TPSA) is 110 Å². The van der Waals surface area contributed by atoms with E-state index in [4.69, 9.17) is 19.7 Å². The number of carbonyl (C=O) groups is 2. The fraction of sp³-hybridized carbons (Fsp3) is 0.800. The van der Waals surface area contributed by atoms with Gasteiger partial charge < -0.3 is 19.7 Å². The minimum atomic E-state index is -1.05. The molecule has 0 bridgehead atoms. The van der Waals surface area contributed by atoms with Crippen molar-refractivity contribution in [3.63, 3.8) is 0 Å². The van der Waals surface area contributed by atoms with Crippen molar-refractivity contribution in [3.05, 3.63) is 0 Å². The van der Waals surface area contributed by atoms with Gasteiger partial charge in [-0.1, -0.05) is 0 Å². The first-order valence-electron chi connectivity index (χ1n) is 5.33. The van der Waals surface area contributed by atoms with E-state index >= 15 is 0 Å². The molecule has 0 fully saturated rings. The maximum atomic E-state index is 11.0. The van der Waals surface area contributed by atoms with Gasteiger partial charge in [0.15, 0.2) is 8.46 Å². The third-order valence-corrected chi connectivity index (χ3v) is 3.13. The van der Waals surface area contributed by atoms with Crippen LogP contribution < -0.4 is 0 Å². The Kier molecular flexibility index (Phi) is 8.45. The number of carboxylic acid groups (broad SMARTS) is 2. The lowest BCUT2D eigenvalue weighted by atomic mass is 10.0. The number of rotatable bonds is 11. The molecule has 0 saturated heterocycles. The predicted octanol–water partition coefficient (Wildman–Crippen LogP) is 1.02. The second-order valence-electron chi connectivity index (χ2n) is 3.98. The van der Waals surface area contributed by atoms with Gasteiger partial charge in [0.2, 0.25) is 0 Å². The smallest absolute Gasteiger partial charge is 0.329 e. The Morgan fingerprint density at radius 2 is 1.44 bits per heavy atom. The van der Waals surface area contributed by atoms with Crippen molar-refractivity contribution >= 4 is 20.4 Å². The van der Waals surface area contributed by atoms with Crippen LogP contribution in [0.4, 0.5) is 0 Å². The van der Waals surface area contributed by atoms with E-state index in [0.717, 1.165) is 0 Å². The molecule has 0 saturated carbocycles. The van der Waals surface area contributed by atoms with Crippen LogP contribution in [-0.2, 0) is 23.6 Å². The molecule has 8 heteroatoms. The van der Waals surface area contributed by atoms with E-state index in [0.29, 0.717) is 12.8 Å². The van der Waals surface area contributed by atoms with Gasteiger partial charge in [-0.05, 0) is 19.8 Å². The standard InChI is InChI=1S/C10H17O7P/c1-10(18-15,2-4-16-6-8(11)12)3-5-17-7-9(13)14/h2-7H2,1H3,(H,11,12)(H,13,14). The molecule has 0 aliphatic heterocycles. The average molecular weight is 280 g/mol. The van der Waals surface area contributed by atoms with E-state index in [1.807, 2.05) is 0 Å². The Morgan fingerprint density at radius 3 is 1.72 bits per heavy atom. The van der Waals surface area contributed by atoms with Crippen LogP contribution in [0.2, 0.25) is 0 Å². The zero-order valence-corrected chi connectivity index (χ0v) is 11.0. The third-order valence-electron chi connectivity index (χ3n) is 2.24. The molecule has 0 heterocycles. The monoisotopic (exact) mass is 280 g/mol. The molecule has 0 amide bonds. The number of carboxylic acids is 2. The van der Waals surface area contributed by atoms with Crippen molar-refractivity contribution in [2.45, 2.75) is 24.9 Å². The second kappa shape index (κ2) is 8.97. The van der Waals surface area contributed by atoms with Crippen molar-refractivity contribution in [2.24, 2.45) is 0 Å². The molecule has 0 spiro atoms. The number of hydrogen-bond donors (Lipinski definition) is 2. The molecule has 104 valence electrons. The SMILES string of the molecule is CC(CCOCC(=O)O)(CCOCC(=O)O)P=O. The van der Waals surface area contributed by atoms with Gasteiger partial charge in [0.05, 0.1) is 5.16 Å². The molecular formula is C10H17O7P. The molecule has 0 aromatic heterocycles. The summed E-state index contributed by atoms with van der Waals surface area (Å²) < 4.78 is 20.8. The van der Waals surface area contributed by atoms with Gasteiger partial charge in [-0.2, -0.15) is 0 Å². The maximum absolute atomic E-state index is 11.0. The van der Waals surface area contributed by atoms with Crippen molar-refractivity contribution in [3.8, 4) is 0 Å². The van der Waals surface area contributed by atoms with Crippen molar-refractivity contribution in [2.75, 3.05) is 26.4 Å². The lowest BCUT2D eigenvalue weighted by Gasteiger charge is -2.21. The van der Waals surface area contributed by atoms with Crippen LogP contribution in [0.3, 0.4) is 0 Å². The van der Waals surface area contributed by atoms with Crippen LogP contribution in [0.5, 0.6) is 0 Å². The summed E-state index contributed by atoms with van der Waals surface area (Å²) >= 11 is 0. The van der Waals surface area contributed by atoms with Gasteiger partial charge in [0.1, 0.15) is 13.2 Å². The van der Waals surface area contributed by atoms with E-state index in [1.54, 1.807) is 6.92 Å². The minimum Gasteiger partial charge on any atom is -0.480 e. The summed E-state index contributed by atoms with van der Waals surface area (Å²) in [5.74, 6) is -2.11. The Labute approximate surface area is 106 Å². The number of aliphatic carboxylic acids is 2. The van der Waals surface area contributed by atoms with Gasteiger partial charge >= 0.3 is 11.9 Å². The summed E-state index contributed by atoms with van der Waals surface area (Å²) in [7, 11) is -0.103. The second-order valence-corrected chi connectivity index (χ2v) is 5.24. The molecule has 0 rings (SSSR count). The lowest BCUT2D eigenvalue weighted by molar-refractivity contribution is -0.142. The van der Waals surface area contributed by atoms with Crippen LogP contribution in [0.25, 0.3) is 0 Å². The molecule has 0 aromatic carbocycles. The van der Waals surface area contributed by atoms with Crippen LogP contribution in [0.15, 0.2) is 0 Å². The third kappa shape index (κ3) is 9.04. The first kappa shape index (κ1) is 17.0. The molecule has 7 nitrogen and oxygen atoms in total. The molecule has 0 atom stereocenters. The van der Waals surface area contributed by atoms with Crippen LogP contribution in [0, 0.1) is 0 Å². The van der Waals surface area contributed by atoms with Gasteiger partial charge in [-0.3, -0.25) is 4.57 Å². The summed E-state index contributed by atoms with van der Waals surface area (Å²) in [4.78, 5) is 20.4. The fourth-order valence-corrected chi connectivity index (χ4v) is 1.48. The predicted molar refractivity (Wildman–Crippen MR) is 62.2 cm³/mol. The van der Waals surface area contributed by atoms with Gasteiger partial charge in [-0.25, -0.2) is 9.59 Å². The molecule has 2 N–H and O–H groups in total. The molecule has 0 radical (unpaired) electrons. The summed E-state index contributed by atoms with van der Waals surface area (Å²) in [5, 5.41) is 16.1. The van der Waals surface area contributed by atoms with Crippen molar-refractivity contribution in [1.29, 1.82) is 0 Å². The summed E-state index contributed by atoms with van der Waals surface area (Å²) in [5.41, 5.74) is 0. The summed E-state index contributed by atoms with van der Waals surface area (Å²) in [6, 6.07) is 0. The first-order chi connectivity index (χ1) is 8.39. The molecule has 0 aliphatic rings. The van der Waals surface area contributed by atoms with Crippen LogP contribution in [-0.4, -0.2) is 53.7 Å². The largest absolute Gasteiger partial charge is 0.480 e. The van der Waals surface area contributed by atoms with E-state index in [2.05, 4.69) is 0 Å². The van der Waals surface area contributed by atoms with Crippen molar-refractivity contribution in [1.82, 2.24) is 0 Å². The number of hydrogen-bond acceptors (Lipinski definition) is 5. The van der Waals surface area contributed by atoms with Crippen LogP contribution in [0.1, 0.15) is 19.8 Å². The van der Waals surface area contributed by atoms with Gasteiger partial charge in [0, 0.05) is 13.2 Å². The van der Waals surface area contributed by atoms with E-state index in [1.165, 1.54) is 0 Å². The normalized spacial score (nSPS) is 11.6. The van der Waals surface area contributed by atoms with E-state index in [-0.39, 0.29) is 34.9 Å². The molecule has 0 unspecified atom stereocenters. The highest BCUT2D eigenvalue weighted by Crippen LogP contribution is 2.30. The first-order valence-corrected chi connectivity index (χ1v) is 6.14. The Balaban J connectivity index is 3.83. The minimum absolute atomic E-state index is 0.103. The average Bonchev–Trinajstić information content (AvgIpc) is 2.30. The summed E-state index contributed by atoms with van der Waals surface area (Å²) in [6.07, 6.45) is 0.809. The quantitative estimate of drug-likeness (QED) is 0.429. The lowest BCUT2D eigenvalue weighted by Crippen LogP contribution is -2.23. The highest BCUT2D eigenvalue weighted by molar-refractivity contribution is 7.25. The highest BCUT2D eigenvalue weighted by atomic mass is 31.1. The van der Waals surface area contributed by atoms with Gasteiger partial charge in [-0.15, -0.1) is 0 Å². The molecule has 0 aromatic rings. The Hall–Kier alpha value is -1.04. The zero-order valence-electron chi connectivity index (χ0n) is 10.1. The van der Waals surface area contributed by atoms with Crippen LogP contribution >= 0.6 is 8.46 Å². The highest BCUT2D eigenvalue weighted by Gasteiger charge is 2.24. The van der Waals surface area contributed by atoms with Crippen molar-refractivity contribution < 1.29 is 33.8 Å². The van der Waals surface area contributed by atoms with E-state index < -0.39 is 17.1 Å². The summed E-state index contributed by atoms with van der Waals surface area (Å²) in [6.45, 7) is 1.31. The van der Waals surface area contributed by atoms with Gasteiger partial charge in [0.25, 0.3) is 0 Å². The molecular weight excluding hydrogens is 263 g/mol.